The predicted molar refractivity (Wildman–Crippen MR) is 79.2 cm³/mol. The van der Waals surface area contributed by atoms with Gasteiger partial charge in [-0.05, 0) is 43.2 Å². The summed E-state index contributed by atoms with van der Waals surface area (Å²) in [6.07, 6.45) is 3.92. The molecule has 0 unspecified atom stereocenters. The molecule has 1 heterocycles. The summed E-state index contributed by atoms with van der Waals surface area (Å²) < 4.78 is 0. The van der Waals surface area contributed by atoms with Gasteiger partial charge in [0.1, 0.15) is 0 Å². The molecule has 4 heteroatoms. The molecule has 0 aromatic rings. The maximum atomic E-state index is 11.7. The summed E-state index contributed by atoms with van der Waals surface area (Å²) in [5, 5.41) is 6.46. The molecule has 1 rings (SSSR count). The molecule has 1 aliphatic rings. The van der Waals surface area contributed by atoms with Crippen LogP contribution in [0.5, 0.6) is 0 Å². The van der Waals surface area contributed by atoms with Crippen LogP contribution in [-0.4, -0.2) is 25.5 Å². The Labute approximate surface area is 118 Å². The molecule has 2 N–H and O–H groups in total. The molecule has 0 bridgehead atoms. The topological polar surface area (TPSA) is 41.1 Å². The molecule has 0 aromatic carbocycles. The van der Waals surface area contributed by atoms with E-state index in [2.05, 4.69) is 38.3 Å². The number of amides is 1. The number of piperidine rings is 1. The van der Waals surface area contributed by atoms with Crippen LogP contribution < -0.4 is 10.6 Å². The van der Waals surface area contributed by atoms with Crippen molar-refractivity contribution in [3.05, 3.63) is 0 Å². The van der Waals surface area contributed by atoms with Crippen molar-refractivity contribution in [2.24, 2.45) is 10.8 Å². The second-order valence-corrected chi connectivity index (χ2v) is 6.90. The molecule has 0 spiro atoms. The molecule has 0 aliphatic carbocycles. The first-order valence-electron chi connectivity index (χ1n) is 6.78. The Morgan fingerprint density at radius 1 is 1.28 bits per heavy atom. The Bertz CT molecular complexity index is 255. The van der Waals surface area contributed by atoms with Gasteiger partial charge in [-0.25, -0.2) is 0 Å². The van der Waals surface area contributed by atoms with Gasteiger partial charge in [0.15, 0.2) is 0 Å². The van der Waals surface area contributed by atoms with E-state index in [9.17, 15) is 4.79 Å². The first kappa shape index (κ1) is 17.7. The van der Waals surface area contributed by atoms with Crippen molar-refractivity contribution in [2.75, 3.05) is 19.6 Å². The van der Waals surface area contributed by atoms with E-state index in [4.69, 9.17) is 0 Å². The number of carbonyl (C=O) groups excluding carboxylic acids is 1. The number of rotatable bonds is 4. The van der Waals surface area contributed by atoms with Gasteiger partial charge in [0, 0.05) is 13.0 Å². The van der Waals surface area contributed by atoms with Crippen LogP contribution in [0.25, 0.3) is 0 Å². The van der Waals surface area contributed by atoms with Crippen molar-refractivity contribution in [2.45, 2.75) is 53.4 Å². The highest BCUT2D eigenvalue weighted by molar-refractivity contribution is 5.85. The fraction of sp³-hybridized carbons (Fsp3) is 0.929. The number of hydrogen-bond acceptors (Lipinski definition) is 2. The summed E-state index contributed by atoms with van der Waals surface area (Å²) in [5.41, 5.74) is 0.540. The molecule has 1 fully saturated rings. The van der Waals surface area contributed by atoms with Crippen LogP contribution in [0.4, 0.5) is 0 Å². The van der Waals surface area contributed by atoms with Crippen LogP contribution in [0.3, 0.4) is 0 Å². The minimum atomic E-state index is 0. The molecule has 0 radical (unpaired) electrons. The van der Waals surface area contributed by atoms with E-state index in [1.165, 1.54) is 0 Å². The molecule has 1 saturated heterocycles. The Morgan fingerprint density at radius 2 is 1.83 bits per heavy atom. The molecule has 3 nitrogen and oxygen atoms in total. The lowest BCUT2D eigenvalue weighted by Crippen LogP contribution is -2.43. The van der Waals surface area contributed by atoms with Crippen molar-refractivity contribution in [3.8, 4) is 0 Å². The minimum Gasteiger partial charge on any atom is -0.356 e. The quantitative estimate of drug-likeness (QED) is 0.829. The zero-order valence-corrected chi connectivity index (χ0v) is 13.1. The first-order valence-corrected chi connectivity index (χ1v) is 6.78. The van der Waals surface area contributed by atoms with E-state index in [0.717, 1.165) is 38.9 Å². The van der Waals surface area contributed by atoms with Gasteiger partial charge in [0.2, 0.25) is 5.91 Å². The largest absolute Gasteiger partial charge is 0.356 e. The van der Waals surface area contributed by atoms with E-state index in [0.29, 0.717) is 11.8 Å². The fourth-order valence-electron chi connectivity index (χ4n) is 2.10. The molecular weight excluding hydrogens is 248 g/mol. The maximum absolute atomic E-state index is 11.7. The maximum Gasteiger partial charge on any atom is 0.220 e. The standard InChI is InChI=1S/C14H28N2O.ClH/c1-13(2,3)6-5-12(17)16-11-14(4)7-9-15-10-8-14;/h15H,5-11H2,1-4H3,(H,16,17);1H. The molecule has 0 atom stereocenters. The van der Waals surface area contributed by atoms with Crippen LogP contribution in [0.2, 0.25) is 0 Å². The van der Waals surface area contributed by atoms with Crippen LogP contribution in [-0.2, 0) is 4.79 Å². The third-order valence-corrected chi connectivity index (χ3v) is 3.63. The summed E-state index contributed by atoms with van der Waals surface area (Å²) in [7, 11) is 0. The van der Waals surface area contributed by atoms with Crippen molar-refractivity contribution in [1.29, 1.82) is 0 Å². The van der Waals surface area contributed by atoms with Crippen LogP contribution in [0.1, 0.15) is 53.4 Å². The average Bonchev–Trinajstić information content (AvgIpc) is 2.24. The van der Waals surface area contributed by atoms with E-state index in [1.54, 1.807) is 0 Å². The fourth-order valence-corrected chi connectivity index (χ4v) is 2.10. The van der Waals surface area contributed by atoms with E-state index in [-0.39, 0.29) is 23.7 Å². The molecular formula is C14H29ClN2O. The summed E-state index contributed by atoms with van der Waals surface area (Å²) >= 11 is 0. The molecule has 18 heavy (non-hydrogen) atoms. The minimum absolute atomic E-state index is 0. The monoisotopic (exact) mass is 276 g/mol. The lowest BCUT2D eigenvalue weighted by molar-refractivity contribution is -0.122. The van der Waals surface area contributed by atoms with Crippen LogP contribution in [0, 0.1) is 10.8 Å². The third-order valence-electron chi connectivity index (χ3n) is 3.63. The summed E-state index contributed by atoms with van der Waals surface area (Å²) in [6.45, 7) is 11.8. The Kier molecular flexibility index (Phi) is 7.23. The van der Waals surface area contributed by atoms with E-state index in [1.807, 2.05) is 0 Å². The van der Waals surface area contributed by atoms with E-state index < -0.39 is 0 Å². The molecule has 1 aliphatic heterocycles. The first-order chi connectivity index (χ1) is 7.81. The Balaban J connectivity index is 0.00000289. The molecule has 108 valence electrons. The van der Waals surface area contributed by atoms with Gasteiger partial charge < -0.3 is 10.6 Å². The number of nitrogens with one attached hydrogen (secondary N) is 2. The van der Waals surface area contributed by atoms with Crippen LogP contribution in [0.15, 0.2) is 0 Å². The number of hydrogen-bond donors (Lipinski definition) is 2. The highest BCUT2D eigenvalue weighted by Crippen LogP contribution is 2.27. The number of carbonyl (C=O) groups is 1. The second kappa shape index (κ2) is 7.34. The zero-order valence-electron chi connectivity index (χ0n) is 12.3. The van der Waals surface area contributed by atoms with Crippen molar-refractivity contribution in [1.82, 2.24) is 10.6 Å². The molecule has 1 amide bonds. The van der Waals surface area contributed by atoms with E-state index >= 15 is 0 Å². The van der Waals surface area contributed by atoms with Gasteiger partial charge in [0.05, 0.1) is 0 Å². The summed E-state index contributed by atoms with van der Waals surface area (Å²) in [5.74, 6) is 0.208. The highest BCUT2D eigenvalue weighted by Gasteiger charge is 2.27. The van der Waals surface area contributed by atoms with Crippen molar-refractivity contribution in [3.63, 3.8) is 0 Å². The average molecular weight is 277 g/mol. The smallest absolute Gasteiger partial charge is 0.220 e. The van der Waals surface area contributed by atoms with Crippen molar-refractivity contribution < 1.29 is 4.79 Å². The molecule has 0 aromatic heterocycles. The Hall–Kier alpha value is -0.280. The van der Waals surface area contributed by atoms with Crippen molar-refractivity contribution >= 4 is 18.3 Å². The molecule has 0 saturated carbocycles. The van der Waals surface area contributed by atoms with Crippen LogP contribution >= 0.6 is 12.4 Å². The van der Waals surface area contributed by atoms with Gasteiger partial charge in [-0.1, -0.05) is 27.7 Å². The second-order valence-electron chi connectivity index (χ2n) is 6.90. The summed E-state index contributed by atoms with van der Waals surface area (Å²) in [4.78, 5) is 11.7. The Morgan fingerprint density at radius 3 is 2.33 bits per heavy atom. The lowest BCUT2D eigenvalue weighted by Gasteiger charge is -2.34. The van der Waals surface area contributed by atoms with Gasteiger partial charge in [-0.15, -0.1) is 12.4 Å². The predicted octanol–water partition coefficient (Wildman–Crippen LogP) is 2.74. The zero-order chi connectivity index (χ0) is 12.9. The van der Waals surface area contributed by atoms with Gasteiger partial charge in [-0.2, -0.15) is 0 Å². The lowest BCUT2D eigenvalue weighted by atomic mass is 9.81. The number of halogens is 1. The van der Waals surface area contributed by atoms with Gasteiger partial charge >= 0.3 is 0 Å². The van der Waals surface area contributed by atoms with Gasteiger partial charge in [0.25, 0.3) is 0 Å². The van der Waals surface area contributed by atoms with Gasteiger partial charge in [-0.3, -0.25) is 4.79 Å². The third kappa shape index (κ3) is 7.22. The summed E-state index contributed by atoms with van der Waals surface area (Å²) in [6, 6.07) is 0. The SMILES string of the molecule is CC(C)(C)CCC(=O)NCC1(C)CCNCC1.Cl. The highest BCUT2D eigenvalue weighted by atomic mass is 35.5. The normalized spacial score (nSPS) is 18.9.